The molecule has 2 N–H and O–H groups in total. The number of benzene rings is 1. The average Bonchev–Trinajstić information content (AvgIpc) is 3.69. The highest BCUT2D eigenvalue weighted by molar-refractivity contribution is 6.26. The lowest BCUT2D eigenvalue weighted by molar-refractivity contribution is -0.137. The molecule has 0 bridgehead atoms. The van der Waals surface area contributed by atoms with Crippen molar-refractivity contribution in [2.75, 3.05) is 10.6 Å². The highest BCUT2D eigenvalue weighted by Crippen LogP contribution is 2.40. The molecule has 0 fully saturated rings. The number of aryl methyl sites for hydroxylation is 2. The molecule has 0 atom stereocenters. The van der Waals surface area contributed by atoms with Crippen LogP contribution < -0.4 is 10.6 Å². The van der Waals surface area contributed by atoms with E-state index >= 15 is 0 Å². The van der Waals surface area contributed by atoms with Gasteiger partial charge in [0, 0.05) is 36.1 Å². The number of halogens is 6. The van der Waals surface area contributed by atoms with Crippen LogP contribution in [-0.4, -0.2) is 58.4 Å². The van der Waals surface area contributed by atoms with Gasteiger partial charge in [-0.3, -0.25) is 14.6 Å². The minimum absolute atomic E-state index is 0.00691. The van der Waals surface area contributed by atoms with Crippen molar-refractivity contribution in [3.05, 3.63) is 160 Å². The number of carbonyl (C=O) groups excluding carboxylic acids is 2. The Bertz CT molecular complexity index is 2780. The molecule has 304 valence electrons. The quantitative estimate of drug-likeness (QED) is 0.156. The van der Waals surface area contributed by atoms with Crippen molar-refractivity contribution in [3.8, 4) is 11.3 Å². The molecule has 60 heavy (non-hydrogen) atoms. The molecule has 3 aliphatic rings. The van der Waals surface area contributed by atoms with E-state index in [0.29, 0.717) is 11.3 Å². The number of amides is 2. The Labute approximate surface area is 337 Å². The summed E-state index contributed by atoms with van der Waals surface area (Å²) in [4.78, 5) is 45.3. The van der Waals surface area contributed by atoms with Crippen LogP contribution in [0.5, 0.6) is 0 Å². The van der Waals surface area contributed by atoms with Crippen molar-refractivity contribution in [2.24, 2.45) is 4.99 Å². The van der Waals surface area contributed by atoms with Gasteiger partial charge in [0.05, 0.1) is 34.8 Å². The lowest BCUT2D eigenvalue weighted by Crippen LogP contribution is -2.37. The predicted molar refractivity (Wildman–Crippen MR) is 210 cm³/mol. The van der Waals surface area contributed by atoms with Crippen LogP contribution in [0.3, 0.4) is 0 Å². The number of alkyl halides is 6. The molecule has 0 unspecified atom stereocenters. The minimum Gasteiger partial charge on any atom is -0.306 e. The normalized spacial score (nSPS) is 16.6. The molecule has 0 spiro atoms. The van der Waals surface area contributed by atoms with Crippen molar-refractivity contribution in [1.29, 1.82) is 0 Å². The van der Waals surface area contributed by atoms with Gasteiger partial charge in [-0.1, -0.05) is 36.4 Å². The topological polar surface area (TPSA) is 133 Å². The molecule has 18 heteroatoms. The molecule has 12 nitrogen and oxygen atoms in total. The number of nitrogens with zero attached hydrogens (tertiary/aromatic N) is 8. The fraction of sp³-hybridized carbons (Fsp3) is 0.167. The number of anilines is 2. The number of hydrogen-bond acceptors (Lipinski definition) is 9. The fourth-order valence-corrected chi connectivity index (χ4v) is 7.05. The van der Waals surface area contributed by atoms with E-state index in [1.807, 2.05) is 6.92 Å². The molecule has 1 aliphatic carbocycles. The maximum absolute atomic E-state index is 14.1. The van der Waals surface area contributed by atoms with Crippen molar-refractivity contribution in [3.63, 3.8) is 0 Å². The lowest BCUT2D eigenvalue weighted by atomic mass is 9.95. The minimum atomic E-state index is -4.64. The summed E-state index contributed by atoms with van der Waals surface area (Å²) in [5.74, 6) is -0.787. The van der Waals surface area contributed by atoms with E-state index in [4.69, 9.17) is 0 Å². The molecule has 0 saturated heterocycles. The zero-order chi connectivity index (χ0) is 42.5. The van der Waals surface area contributed by atoms with E-state index in [9.17, 15) is 35.9 Å². The van der Waals surface area contributed by atoms with Crippen LogP contribution in [0.15, 0.2) is 137 Å². The molecular formula is C42H32F6N10O2. The number of carbonyl (C=O) groups is 2. The zero-order valence-electron chi connectivity index (χ0n) is 31.9. The Morgan fingerprint density at radius 2 is 1.67 bits per heavy atom. The Hall–Kier alpha value is -7.37. The summed E-state index contributed by atoms with van der Waals surface area (Å²) in [6, 6.07) is 13.0. The molecule has 0 radical (unpaired) electrons. The van der Waals surface area contributed by atoms with Gasteiger partial charge in [0.25, 0.3) is 11.8 Å². The molecule has 1 aromatic carbocycles. The third-order valence-corrected chi connectivity index (χ3v) is 9.88. The van der Waals surface area contributed by atoms with Crippen molar-refractivity contribution in [1.82, 2.24) is 34.6 Å². The van der Waals surface area contributed by atoms with E-state index in [1.165, 1.54) is 59.5 Å². The molecule has 0 saturated carbocycles. The van der Waals surface area contributed by atoms with Crippen LogP contribution in [0.25, 0.3) is 16.9 Å². The van der Waals surface area contributed by atoms with Crippen LogP contribution in [0, 0.1) is 13.8 Å². The van der Waals surface area contributed by atoms with E-state index in [-0.39, 0.29) is 75.4 Å². The summed E-state index contributed by atoms with van der Waals surface area (Å²) in [5, 5.41) is 13.1. The van der Waals surface area contributed by atoms with Gasteiger partial charge in [0.15, 0.2) is 11.5 Å². The predicted octanol–water partition coefficient (Wildman–Crippen LogP) is 8.65. The fourth-order valence-electron chi connectivity index (χ4n) is 7.05. The first-order chi connectivity index (χ1) is 28.6. The first-order valence-electron chi connectivity index (χ1n) is 18.3. The highest BCUT2D eigenvalue weighted by Gasteiger charge is 2.41. The molecule has 2 aliphatic heterocycles. The van der Waals surface area contributed by atoms with Gasteiger partial charge in [0.2, 0.25) is 0 Å². The summed E-state index contributed by atoms with van der Waals surface area (Å²) < 4.78 is 85.1. The molecular weight excluding hydrogens is 791 g/mol. The van der Waals surface area contributed by atoms with Crippen LogP contribution in [0.2, 0.25) is 0 Å². The number of hydrogen-bond donors (Lipinski definition) is 2. The second-order valence-corrected chi connectivity index (χ2v) is 14.0. The van der Waals surface area contributed by atoms with E-state index in [0.717, 1.165) is 17.7 Å². The van der Waals surface area contributed by atoms with Gasteiger partial charge in [0.1, 0.15) is 22.8 Å². The third kappa shape index (κ3) is 7.54. The average molecular weight is 823 g/mol. The third-order valence-electron chi connectivity index (χ3n) is 9.88. The molecule has 2 amide bonds. The number of aliphatic imine (C=N–C) groups is 1. The van der Waals surface area contributed by atoms with Gasteiger partial charge >= 0.3 is 12.4 Å². The van der Waals surface area contributed by atoms with Crippen LogP contribution in [0.1, 0.15) is 46.1 Å². The van der Waals surface area contributed by atoms with E-state index in [1.54, 1.807) is 60.4 Å². The molecule has 6 heterocycles. The van der Waals surface area contributed by atoms with Gasteiger partial charge in [-0.25, -0.2) is 29.5 Å². The van der Waals surface area contributed by atoms with Crippen molar-refractivity contribution >= 4 is 34.9 Å². The van der Waals surface area contributed by atoms with Gasteiger partial charge < -0.3 is 10.6 Å². The first-order valence-corrected chi connectivity index (χ1v) is 18.3. The number of nitrogens with one attached hydrogen (secondary N) is 2. The Morgan fingerprint density at radius 1 is 0.883 bits per heavy atom. The number of pyridine rings is 2. The number of aromatic nitrogens is 5. The largest absolute Gasteiger partial charge is 0.417 e. The van der Waals surface area contributed by atoms with Gasteiger partial charge in [-0.05, 0) is 86.4 Å². The Balaban J connectivity index is 1.10. The van der Waals surface area contributed by atoms with Crippen LogP contribution >= 0.6 is 0 Å². The zero-order valence-corrected chi connectivity index (χ0v) is 31.9. The van der Waals surface area contributed by atoms with Crippen molar-refractivity contribution < 1.29 is 35.9 Å². The molecule has 4 aromatic heterocycles. The van der Waals surface area contributed by atoms with Crippen molar-refractivity contribution in [2.45, 2.75) is 46.1 Å². The number of amidine groups is 1. The van der Waals surface area contributed by atoms with Crippen LogP contribution in [0.4, 0.5) is 38.0 Å². The highest BCUT2D eigenvalue weighted by atomic mass is 19.4. The second kappa shape index (κ2) is 15.1. The van der Waals surface area contributed by atoms with Gasteiger partial charge in [-0.2, -0.15) is 31.4 Å². The van der Waals surface area contributed by atoms with Gasteiger partial charge in [-0.15, -0.1) is 0 Å². The number of hydrazine groups is 1. The maximum Gasteiger partial charge on any atom is 0.417 e. The smallest absolute Gasteiger partial charge is 0.306 e. The molecule has 8 rings (SSSR count). The SMILES string of the molecule is CC1=C(C(=O)Nc2ccc(C)cn2)C2=NC(=C3CC=CC=C3C(F)(F)F)C=CN2N1Cc1ccnc(NC(=O)c2c(C)nn3ccc(-c4ccccc4C(F)(F)F)nc23)c1. The van der Waals surface area contributed by atoms with Crippen LogP contribution in [-0.2, 0) is 17.5 Å². The van der Waals surface area contributed by atoms with E-state index < -0.39 is 35.3 Å². The lowest BCUT2D eigenvalue weighted by Gasteiger charge is -2.32. The summed E-state index contributed by atoms with van der Waals surface area (Å²) in [7, 11) is 0. The number of rotatable bonds is 7. The summed E-state index contributed by atoms with van der Waals surface area (Å²) >= 11 is 0. The maximum atomic E-state index is 14.1. The monoisotopic (exact) mass is 822 g/mol. The molecule has 5 aromatic rings. The summed E-state index contributed by atoms with van der Waals surface area (Å²) in [5.41, 5.74) is 0.417. The first kappa shape index (κ1) is 39.5. The van der Waals surface area contributed by atoms with E-state index in [2.05, 4.69) is 35.7 Å². The summed E-state index contributed by atoms with van der Waals surface area (Å²) in [6.07, 6.45) is 2.09. The standard InChI is InChI=1S/C42H32F6N10O2/c1-23-12-13-33(50-21-23)53-40(60)36-25(3)58(57-19-16-32(52-38(36)57)28-9-5-7-11-30(28)42(46,47)48)22-26-14-17-49-34(20-26)54-39(59)35-24(2)55-56-18-15-31(51-37(35)56)27-8-4-6-10-29(27)41(43,44)45/h4-8,10-21H,9,22H2,1-3H3,(H,49,54,59)(H,50,53,60). The Morgan fingerprint density at radius 3 is 2.42 bits per heavy atom. The second-order valence-electron chi connectivity index (χ2n) is 14.0. The number of allylic oxidation sites excluding steroid dienone is 7. The Kier molecular flexibility index (Phi) is 9.93. The summed E-state index contributed by atoms with van der Waals surface area (Å²) in [6.45, 7) is 5.17. The number of fused-ring (bicyclic) bond motifs is 2.